The standard InChI is InChI=1S/C30H26O15/c31-14-5-3-13(4-6-14)29-27(40)25(38)21-17(43-29)10-18(22(35)24(21)37)44-30-28(41)26(39)23(36)19(45-30)11-42-20(34)8-2-12-1-7-15(32)16(33)9-12/h1-10,19,23,26,28,30-33,35-37,39-41H,11H2/b8-2+/t19-,23-,26+,28-,30-/m1/s1. The molecule has 3 aromatic carbocycles. The van der Waals surface area contributed by atoms with Crippen LogP contribution in [0.25, 0.3) is 28.4 Å². The lowest BCUT2D eigenvalue weighted by molar-refractivity contribution is -0.278. The highest BCUT2D eigenvalue weighted by molar-refractivity contribution is 5.91. The molecule has 15 nitrogen and oxygen atoms in total. The Morgan fingerprint density at radius 3 is 2.22 bits per heavy atom. The van der Waals surface area contributed by atoms with Gasteiger partial charge in [0, 0.05) is 17.7 Å². The van der Waals surface area contributed by atoms with E-state index in [-0.39, 0.29) is 28.4 Å². The SMILES string of the molecule is O=C(/C=C/c1ccc(O)c(O)c1)OC[C@H]1O[C@@H](Oc2cc3oc(-c4ccc(O)cc4)c(O)c(=O)c3c(O)c2O)[C@H](O)[C@@H](O)[C@@H]1O. The van der Waals surface area contributed by atoms with Crippen molar-refractivity contribution in [1.82, 2.24) is 0 Å². The fourth-order valence-corrected chi connectivity index (χ4v) is 4.49. The number of hydrogen-bond donors (Lipinski definition) is 9. The number of phenolic OH excluding ortho intramolecular Hbond substituents is 5. The molecule has 1 aliphatic heterocycles. The molecule has 1 aliphatic rings. The van der Waals surface area contributed by atoms with Gasteiger partial charge in [-0.1, -0.05) is 6.07 Å². The molecule has 1 aromatic heterocycles. The van der Waals surface area contributed by atoms with Crippen LogP contribution in [0.1, 0.15) is 5.56 Å². The summed E-state index contributed by atoms with van der Waals surface area (Å²) in [5, 5.41) is 90.7. The van der Waals surface area contributed by atoms with Gasteiger partial charge in [0.2, 0.25) is 23.2 Å². The van der Waals surface area contributed by atoms with Gasteiger partial charge in [0.15, 0.2) is 28.8 Å². The quantitative estimate of drug-likeness (QED) is 0.0791. The summed E-state index contributed by atoms with van der Waals surface area (Å²) in [5.41, 5.74) is -0.959. The molecular formula is C30H26O15. The van der Waals surface area contributed by atoms with Crippen LogP contribution in [0.4, 0.5) is 0 Å². The zero-order valence-electron chi connectivity index (χ0n) is 22.8. The molecule has 0 bridgehead atoms. The fraction of sp³-hybridized carbons (Fsp3) is 0.200. The number of carbonyl (C=O) groups is 1. The van der Waals surface area contributed by atoms with Crippen LogP contribution >= 0.6 is 0 Å². The highest BCUT2D eigenvalue weighted by atomic mass is 16.7. The number of phenols is 5. The summed E-state index contributed by atoms with van der Waals surface area (Å²) in [6.07, 6.45) is -6.63. The van der Waals surface area contributed by atoms with Gasteiger partial charge in [0.05, 0.1) is 0 Å². The zero-order valence-corrected chi connectivity index (χ0v) is 22.8. The van der Waals surface area contributed by atoms with E-state index in [1.54, 1.807) is 0 Å². The van der Waals surface area contributed by atoms with Gasteiger partial charge in [0.25, 0.3) is 0 Å². The Morgan fingerprint density at radius 2 is 1.53 bits per heavy atom. The Hall–Kier alpha value is -5.48. The Labute approximate surface area is 251 Å². The number of aromatic hydroxyl groups is 6. The topological polar surface area (TPSA) is 257 Å². The molecule has 0 spiro atoms. The van der Waals surface area contributed by atoms with E-state index in [1.807, 2.05) is 0 Å². The summed E-state index contributed by atoms with van der Waals surface area (Å²) in [7, 11) is 0. The number of benzene rings is 3. The van der Waals surface area contributed by atoms with Gasteiger partial charge in [-0.3, -0.25) is 4.79 Å². The number of ether oxygens (including phenoxy) is 3. The first-order chi connectivity index (χ1) is 21.3. The van der Waals surface area contributed by atoms with Crippen molar-refractivity contribution in [3.8, 4) is 51.6 Å². The summed E-state index contributed by atoms with van der Waals surface area (Å²) in [6, 6.07) is 9.99. The molecule has 5 rings (SSSR count). The number of fused-ring (bicyclic) bond motifs is 1. The van der Waals surface area contributed by atoms with Crippen molar-refractivity contribution in [3.63, 3.8) is 0 Å². The third-order valence-corrected chi connectivity index (χ3v) is 6.91. The van der Waals surface area contributed by atoms with Crippen LogP contribution in [0.5, 0.6) is 40.2 Å². The van der Waals surface area contributed by atoms with E-state index < -0.39 is 82.8 Å². The Kier molecular flexibility index (Phi) is 8.43. The van der Waals surface area contributed by atoms with Crippen LogP contribution in [0.2, 0.25) is 0 Å². The average molecular weight is 627 g/mol. The molecule has 0 amide bonds. The number of rotatable bonds is 7. The van der Waals surface area contributed by atoms with Crippen molar-refractivity contribution in [2.24, 2.45) is 0 Å². The first-order valence-corrected chi connectivity index (χ1v) is 13.1. The van der Waals surface area contributed by atoms with E-state index >= 15 is 0 Å². The van der Waals surface area contributed by atoms with Crippen molar-refractivity contribution in [3.05, 3.63) is 70.4 Å². The van der Waals surface area contributed by atoms with E-state index in [9.17, 15) is 55.5 Å². The lowest BCUT2D eigenvalue weighted by atomic mass is 9.99. The van der Waals surface area contributed by atoms with E-state index in [4.69, 9.17) is 18.6 Å². The normalized spacial score (nSPS) is 21.6. The highest BCUT2D eigenvalue weighted by Crippen LogP contribution is 2.44. The summed E-state index contributed by atoms with van der Waals surface area (Å²) in [4.78, 5) is 25.1. The Bertz CT molecular complexity index is 1830. The number of esters is 1. The van der Waals surface area contributed by atoms with Gasteiger partial charge < -0.3 is 64.6 Å². The summed E-state index contributed by atoms with van der Waals surface area (Å²) < 4.78 is 21.6. The van der Waals surface area contributed by atoms with Gasteiger partial charge in [-0.2, -0.15) is 0 Å². The molecule has 9 N–H and O–H groups in total. The minimum absolute atomic E-state index is 0.0993. The molecule has 1 saturated heterocycles. The number of hydrogen-bond acceptors (Lipinski definition) is 15. The second kappa shape index (κ2) is 12.3. The maximum atomic E-state index is 12.9. The second-order valence-electron chi connectivity index (χ2n) is 9.94. The predicted octanol–water partition coefficient (Wildman–Crippen LogP) is 1.14. The van der Waals surface area contributed by atoms with Crippen molar-refractivity contribution >= 4 is 23.0 Å². The van der Waals surface area contributed by atoms with Crippen LogP contribution in [0, 0.1) is 0 Å². The summed E-state index contributed by atoms with van der Waals surface area (Å²) in [6.45, 7) is -0.645. The minimum atomic E-state index is -1.93. The highest BCUT2D eigenvalue weighted by Gasteiger charge is 2.46. The monoisotopic (exact) mass is 626 g/mol. The van der Waals surface area contributed by atoms with E-state index in [0.717, 1.165) is 12.1 Å². The molecule has 0 saturated carbocycles. The lowest BCUT2D eigenvalue weighted by Gasteiger charge is -2.39. The van der Waals surface area contributed by atoms with Crippen molar-refractivity contribution in [2.45, 2.75) is 30.7 Å². The number of carbonyl (C=O) groups excluding carboxylic acids is 1. The Balaban J connectivity index is 1.36. The van der Waals surface area contributed by atoms with Gasteiger partial charge in [-0.05, 0) is 48.0 Å². The lowest BCUT2D eigenvalue weighted by Crippen LogP contribution is -2.60. The minimum Gasteiger partial charge on any atom is -0.508 e. The maximum absolute atomic E-state index is 12.9. The fourth-order valence-electron chi connectivity index (χ4n) is 4.49. The first kappa shape index (κ1) is 31.0. The number of aliphatic hydroxyl groups excluding tert-OH is 3. The van der Waals surface area contributed by atoms with Crippen LogP contribution < -0.4 is 10.2 Å². The maximum Gasteiger partial charge on any atom is 0.330 e. The van der Waals surface area contributed by atoms with Crippen LogP contribution in [0.15, 0.2) is 63.8 Å². The van der Waals surface area contributed by atoms with E-state index in [0.29, 0.717) is 5.56 Å². The largest absolute Gasteiger partial charge is 0.508 e. The van der Waals surface area contributed by atoms with Crippen LogP contribution in [-0.4, -0.2) is 89.2 Å². The third kappa shape index (κ3) is 6.13. The van der Waals surface area contributed by atoms with E-state index in [1.165, 1.54) is 48.5 Å². The smallest absolute Gasteiger partial charge is 0.330 e. The predicted molar refractivity (Wildman–Crippen MR) is 152 cm³/mol. The van der Waals surface area contributed by atoms with Gasteiger partial charge in [0.1, 0.15) is 47.7 Å². The molecular weight excluding hydrogens is 600 g/mol. The van der Waals surface area contributed by atoms with Crippen molar-refractivity contribution in [2.75, 3.05) is 6.61 Å². The molecule has 0 aliphatic carbocycles. The molecule has 236 valence electrons. The molecule has 5 atom stereocenters. The van der Waals surface area contributed by atoms with Gasteiger partial charge in [-0.25, -0.2) is 4.79 Å². The second-order valence-corrected chi connectivity index (χ2v) is 9.94. The van der Waals surface area contributed by atoms with Crippen LogP contribution in [0.3, 0.4) is 0 Å². The first-order valence-electron chi connectivity index (χ1n) is 13.1. The van der Waals surface area contributed by atoms with Crippen molar-refractivity contribution in [1.29, 1.82) is 0 Å². The third-order valence-electron chi connectivity index (χ3n) is 6.91. The van der Waals surface area contributed by atoms with Crippen molar-refractivity contribution < 1.29 is 69.4 Å². The number of aliphatic hydroxyl groups is 3. The van der Waals surface area contributed by atoms with Crippen LogP contribution in [-0.2, 0) is 14.3 Å². The molecule has 15 heteroatoms. The molecule has 1 fully saturated rings. The molecule has 2 heterocycles. The molecule has 0 radical (unpaired) electrons. The zero-order chi connectivity index (χ0) is 32.6. The molecule has 0 unspecified atom stereocenters. The summed E-state index contributed by atoms with van der Waals surface area (Å²) in [5.74, 6) is -5.69. The Morgan fingerprint density at radius 1 is 0.822 bits per heavy atom. The molecule has 4 aromatic rings. The van der Waals surface area contributed by atoms with Gasteiger partial charge in [-0.15, -0.1) is 0 Å². The summed E-state index contributed by atoms with van der Waals surface area (Å²) >= 11 is 0. The molecule has 45 heavy (non-hydrogen) atoms. The van der Waals surface area contributed by atoms with Gasteiger partial charge >= 0.3 is 5.97 Å². The van der Waals surface area contributed by atoms with E-state index in [2.05, 4.69) is 0 Å². The average Bonchev–Trinajstić information content (AvgIpc) is 3.01.